The fourth-order valence-electron chi connectivity index (χ4n) is 2.89. The zero-order valence-electron chi connectivity index (χ0n) is 12.2. The van der Waals surface area contributed by atoms with Gasteiger partial charge in [-0.2, -0.15) is 0 Å². The molecule has 0 radical (unpaired) electrons. The fourth-order valence-corrected chi connectivity index (χ4v) is 2.89. The summed E-state index contributed by atoms with van der Waals surface area (Å²) < 4.78 is 0. The van der Waals surface area contributed by atoms with Crippen molar-refractivity contribution >= 4 is 11.5 Å². The van der Waals surface area contributed by atoms with Gasteiger partial charge in [-0.05, 0) is 31.0 Å². The lowest BCUT2D eigenvalue weighted by atomic mass is 10.0. The van der Waals surface area contributed by atoms with Gasteiger partial charge in [-0.3, -0.25) is 4.90 Å². The number of nitrogens with one attached hydrogen (secondary N) is 1. The monoisotopic (exact) mass is 282 g/mol. The zero-order chi connectivity index (χ0) is 14.5. The van der Waals surface area contributed by atoms with Crippen molar-refractivity contribution in [1.29, 1.82) is 0 Å². The third kappa shape index (κ3) is 3.95. The number of likely N-dealkylation sites (tertiary alicyclic amines) is 1. The fraction of sp³-hybridized carbons (Fsp3) is 0.353. The number of pyridine rings is 1. The second-order valence-electron chi connectivity index (χ2n) is 5.68. The van der Waals surface area contributed by atoms with Gasteiger partial charge in [0.2, 0.25) is 0 Å². The zero-order valence-corrected chi connectivity index (χ0v) is 12.2. The van der Waals surface area contributed by atoms with Crippen molar-refractivity contribution in [2.24, 2.45) is 0 Å². The molecule has 1 aliphatic heterocycles. The summed E-state index contributed by atoms with van der Waals surface area (Å²) in [5.74, 6) is 0.876. The minimum atomic E-state index is 0.441. The van der Waals surface area contributed by atoms with E-state index in [4.69, 9.17) is 5.73 Å². The lowest BCUT2D eigenvalue weighted by Crippen LogP contribution is -2.41. The second-order valence-corrected chi connectivity index (χ2v) is 5.68. The molecule has 1 unspecified atom stereocenters. The molecule has 4 heteroatoms. The van der Waals surface area contributed by atoms with Crippen molar-refractivity contribution in [3.8, 4) is 0 Å². The average Bonchev–Trinajstić information content (AvgIpc) is 2.49. The molecule has 1 atom stereocenters. The van der Waals surface area contributed by atoms with E-state index in [9.17, 15) is 0 Å². The molecule has 3 N–H and O–H groups in total. The highest BCUT2D eigenvalue weighted by molar-refractivity contribution is 5.48. The maximum Gasteiger partial charge on any atom is 0.128 e. The van der Waals surface area contributed by atoms with Crippen molar-refractivity contribution in [3.05, 3.63) is 54.2 Å². The highest BCUT2D eigenvalue weighted by Gasteiger charge is 2.20. The molecule has 1 fully saturated rings. The Morgan fingerprint density at radius 3 is 2.90 bits per heavy atom. The Hall–Kier alpha value is -2.07. The van der Waals surface area contributed by atoms with Gasteiger partial charge in [-0.25, -0.2) is 4.98 Å². The van der Waals surface area contributed by atoms with Gasteiger partial charge in [0.25, 0.3) is 0 Å². The summed E-state index contributed by atoms with van der Waals surface area (Å²) in [4.78, 5) is 6.84. The quantitative estimate of drug-likeness (QED) is 0.905. The number of nitrogens with zero attached hydrogens (tertiary/aromatic N) is 2. The van der Waals surface area contributed by atoms with E-state index in [0.29, 0.717) is 6.04 Å². The number of rotatable bonds is 4. The van der Waals surface area contributed by atoms with Crippen LogP contribution >= 0.6 is 0 Å². The molecular weight excluding hydrogens is 260 g/mol. The van der Waals surface area contributed by atoms with Crippen LogP contribution in [0, 0.1) is 0 Å². The van der Waals surface area contributed by atoms with Gasteiger partial charge in [-0.15, -0.1) is 0 Å². The van der Waals surface area contributed by atoms with Crippen molar-refractivity contribution in [3.63, 3.8) is 0 Å². The van der Waals surface area contributed by atoms with Crippen LogP contribution < -0.4 is 11.1 Å². The standard InChI is InChI=1S/C17H22N4/c18-15-8-9-19-17(11-15)20-16-7-4-10-21(13-16)12-14-5-2-1-3-6-14/h1-3,5-6,8-9,11,16H,4,7,10,12-13H2,(H3,18,19,20). The van der Waals surface area contributed by atoms with E-state index < -0.39 is 0 Å². The van der Waals surface area contributed by atoms with E-state index in [1.807, 2.05) is 12.1 Å². The minimum absolute atomic E-state index is 0.441. The van der Waals surface area contributed by atoms with Crippen LogP contribution in [0.3, 0.4) is 0 Å². The Bertz CT molecular complexity index is 570. The first kappa shape index (κ1) is 13.9. The molecule has 0 spiro atoms. The van der Waals surface area contributed by atoms with Crippen molar-refractivity contribution < 1.29 is 0 Å². The molecule has 2 heterocycles. The SMILES string of the molecule is Nc1ccnc(NC2CCCN(Cc3ccccc3)C2)c1. The third-order valence-corrected chi connectivity index (χ3v) is 3.89. The number of nitrogen functional groups attached to an aromatic ring is 1. The molecule has 110 valence electrons. The molecule has 1 aromatic carbocycles. The summed E-state index contributed by atoms with van der Waals surface area (Å²) >= 11 is 0. The van der Waals surface area contributed by atoms with E-state index in [1.165, 1.54) is 18.4 Å². The van der Waals surface area contributed by atoms with Crippen molar-refractivity contribution in [2.45, 2.75) is 25.4 Å². The Labute approximate surface area is 126 Å². The molecule has 0 amide bonds. The summed E-state index contributed by atoms with van der Waals surface area (Å²) in [6.45, 7) is 3.23. The molecule has 21 heavy (non-hydrogen) atoms. The summed E-state index contributed by atoms with van der Waals surface area (Å²) in [5.41, 5.74) is 7.93. The molecule has 1 aliphatic rings. The van der Waals surface area contributed by atoms with E-state index in [2.05, 4.69) is 45.5 Å². The van der Waals surface area contributed by atoms with Gasteiger partial charge in [0.05, 0.1) is 0 Å². The normalized spacial score (nSPS) is 19.3. The number of piperidine rings is 1. The highest BCUT2D eigenvalue weighted by atomic mass is 15.2. The van der Waals surface area contributed by atoms with E-state index in [-0.39, 0.29) is 0 Å². The number of nitrogens with two attached hydrogens (primary N) is 1. The van der Waals surface area contributed by atoms with Crippen LogP contribution in [0.2, 0.25) is 0 Å². The van der Waals surface area contributed by atoms with Gasteiger partial charge in [0.1, 0.15) is 5.82 Å². The first-order chi connectivity index (χ1) is 10.3. The number of hydrogen-bond acceptors (Lipinski definition) is 4. The molecule has 0 saturated carbocycles. The first-order valence-corrected chi connectivity index (χ1v) is 7.54. The Morgan fingerprint density at radius 1 is 1.24 bits per heavy atom. The van der Waals surface area contributed by atoms with Gasteiger partial charge in [-0.1, -0.05) is 30.3 Å². The molecule has 2 aromatic rings. The van der Waals surface area contributed by atoms with Gasteiger partial charge >= 0.3 is 0 Å². The largest absolute Gasteiger partial charge is 0.399 e. The van der Waals surface area contributed by atoms with Crippen molar-refractivity contribution in [2.75, 3.05) is 24.1 Å². The first-order valence-electron chi connectivity index (χ1n) is 7.54. The Morgan fingerprint density at radius 2 is 2.10 bits per heavy atom. The summed E-state index contributed by atoms with van der Waals surface area (Å²) in [6.07, 6.45) is 4.15. The summed E-state index contributed by atoms with van der Waals surface area (Å²) in [5, 5.41) is 3.50. The van der Waals surface area contributed by atoms with Gasteiger partial charge in [0, 0.05) is 37.1 Å². The molecule has 0 aliphatic carbocycles. The number of benzene rings is 1. The number of anilines is 2. The van der Waals surface area contributed by atoms with Crippen molar-refractivity contribution in [1.82, 2.24) is 9.88 Å². The van der Waals surface area contributed by atoms with Crippen LogP contribution in [-0.4, -0.2) is 29.0 Å². The van der Waals surface area contributed by atoms with Crippen LogP contribution in [-0.2, 0) is 6.54 Å². The lowest BCUT2D eigenvalue weighted by Gasteiger charge is -2.33. The molecule has 1 saturated heterocycles. The molecule has 1 aromatic heterocycles. The van der Waals surface area contributed by atoms with E-state index in [0.717, 1.165) is 31.1 Å². The van der Waals surface area contributed by atoms with Crippen LogP contribution in [0.5, 0.6) is 0 Å². The number of aromatic nitrogens is 1. The Kier molecular flexibility index (Phi) is 4.36. The maximum absolute atomic E-state index is 5.80. The lowest BCUT2D eigenvalue weighted by molar-refractivity contribution is 0.208. The topological polar surface area (TPSA) is 54.2 Å². The molecule has 4 nitrogen and oxygen atoms in total. The highest BCUT2D eigenvalue weighted by Crippen LogP contribution is 2.17. The summed E-state index contributed by atoms with van der Waals surface area (Å²) in [7, 11) is 0. The van der Waals surface area contributed by atoms with E-state index >= 15 is 0 Å². The van der Waals surface area contributed by atoms with E-state index in [1.54, 1.807) is 6.20 Å². The third-order valence-electron chi connectivity index (χ3n) is 3.89. The number of hydrogen-bond donors (Lipinski definition) is 2. The van der Waals surface area contributed by atoms with Gasteiger partial charge < -0.3 is 11.1 Å². The van der Waals surface area contributed by atoms with Crippen LogP contribution in [0.1, 0.15) is 18.4 Å². The average molecular weight is 282 g/mol. The Balaban J connectivity index is 1.58. The predicted molar refractivity (Wildman–Crippen MR) is 87.0 cm³/mol. The van der Waals surface area contributed by atoms with Crippen LogP contribution in [0.4, 0.5) is 11.5 Å². The smallest absolute Gasteiger partial charge is 0.128 e. The summed E-state index contributed by atoms with van der Waals surface area (Å²) in [6, 6.07) is 14.8. The maximum atomic E-state index is 5.80. The molecule has 0 bridgehead atoms. The van der Waals surface area contributed by atoms with Gasteiger partial charge in [0.15, 0.2) is 0 Å². The second kappa shape index (κ2) is 6.59. The van der Waals surface area contributed by atoms with Crippen LogP contribution in [0.15, 0.2) is 48.7 Å². The van der Waals surface area contributed by atoms with Crippen LogP contribution in [0.25, 0.3) is 0 Å². The molecular formula is C17H22N4. The predicted octanol–water partition coefficient (Wildman–Crippen LogP) is 2.74. The minimum Gasteiger partial charge on any atom is -0.399 e. The molecule has 3 rings (SSSR count).